The lowest BCUT2D eigenvalue weighted by Crippen LogP contribution is -2.47. The Morgan fingerprint density at radius 2 is 1.93 bits per heavy atom. The van der Waals surface area contributed by atoms with Gasteiger partial charge in [-0.1, -0.05) is 41.9 Å². The van der Waals surface area contributed by atoms with Crippen molar-refractivity contribution in [3.05, 3.63) is 64.7 Å². The third-order valence-electron chi connectivity index (χ3n) is 4.97. The summed E-state index contributed by atoms with van der Waals surface area (Å²) in [5.74, 6) is -0.354. The number of sulfonamides is 1. The summed E-state index contributed by atoms with van der Waals surface area (Å²) in [7, 11) is -3.71. The Labute approximate surface area is 183 Å². The van der Waals surface area contributed by atoms with Crippen molar-refractivity contribution in [2.24, 2.45) is 0 Å². The van der Waals surface area contributed by atoms with Crippen molar-refractivity contribution >= 4 is 27.5 Å². The molecule has 0 radical (unpaired) electrons. The minimum atomic E-state index is -3.71. The first-order valence-electron chi connectivity index (χ1n) is 10.1. The Balaban J connectivity index is 1.68. The molecule has 0 aromatic heterocycles. The quantitative estimate of drug-likeness (QED) is 0.678. The van der Waals surface area contributed by atoms with Crippen LogP contribution < -0.4 is 10.0 Å². The number of carbonyl (C=O) groups is 1. The first kappa shape index (κ1) is 22.7. The Bertz CT molecular complexity index is 980. The smallest absolute Gasteiger partial charge is 0.253 e. The highest BCUT2D eigenvalue weighted by atomic mass is 35.5. The van der Waals surface area contributed by atoms with E-state index >= 15 is 0 Å². The van der Waals surface area contributed by atoms with Gasteiger partial charge in [0.25, 0.3) is 5.91 Å². The van der Waals surface area contributed by atoms with E-state index in [1.807, 2.05) is 18.2 Å². The zero-order chi connectivity index (χ0) is 21.7. The Kier molecular flexibility index (Phi) is 7.52. The van der Waals surface area contributed by atoms with Gasteiger partial charge in [-0.2, -0.15) is 0 Å². The van der Waals surface area contributed by atoms with E-state index in [0.717, 1.165) is 32.5 Å². The molecule has 2 aromatic rings. The summed E-state index contributed by atoms with van der Waals surface area (Å²) in [6.45, 7) is 6.04. The van der Waals surface area contributed by atoms with Gasteiger partial charge in [-0.25, -0.2) is 13.1 Å². The number of likely N-dealkylation sites (tertiary alicyclic amines) is 1. The van der Waals surface area contributed by atoms with E-state index in [9.17, 15) is 13.2 Å². The second-order valence-electron chi connectivity index (χ2n) is 7.95. The molecule has 1 heterocycles. The molecule has 1 unspecified atom stereocenters. The topological polar surface area (TPSA) is 78.5 Å². The Morgan fingerprint density at radius 1 is 1.20 bits per heavy atom. The molecule has 30 heavy (non-hydrogen) atoms. The van der Waals surface area contributed by atoms with Crippen LogP contribution in [-0.4, -0.2) is 44.4 Å². The number of piperidine rings is 1. The van der Waals surface area contributed by atoms with Gasteiger partial charge in [-0.05, 0) is 57.0 Å². The maximum atomic E-state index is 12.9. The van der Waals surface area contributed by atoms with E-state index in [2.05, 4.69) is 27.1 Å². The van der Waals surface area contributed by atoms with Gasteiger partial charge in [0, 0.05) is 25.2 Å². The number of carbonyl (C=O) groups excluding carboxylic acids is 1. The van der Waals surface area contributed by atoms with Crippen LogP contribution in [0.15, 0.2) is 53.4 Å². The monoisotopic (exact) mass is 449 g/mol. The molecule has 0 bridgehead atoms. The maximum Gasteiger partial charge on any atom is 0.253 e. The molecule has 3 rings (SSSR count). The van der Waals surface area contributed by atoms with Gasteiger partial charge in [0.1, 0.15) is 0 Å². The number of rotatable bonds is 7. The standard InChI is InChI=1S/C22H28ClN3O3S/c1-16(2)25-30(28,29)19-10-11-21(23)20(13-19)22(27)24-18-9-6-12-26(15-18)14-17-7-4-3-5-8-17/h3-5,7-8,10-11,13,16,18,25H,6,9,12,14-15H2,1-2H3,(H,24,27). The molecule has 0 spiro atoms. The molecule has 1 fully saturated rings. The van der Waals surface area contributed by atoms with Crippen molar-refractivity contribution in [2.75, 3.05) is 13.1 Å². The first-order valence-corrected chi connectivity index (χ1v) is 12.0. The molecular weight excluding hydrogens is 422 g/mol. The van der Waals surface area contributed by atoms with Crippen molar-refractivity contribution in [2.45, 2.75) is 50.2 Å². The number of nitrogens with zero attached hydrogens (tertiary/aromatic N) is 1. The number of halogens is 1. The van der Waals surface area contributed by atoms with Gasteiger partial charge in [-0.15, -0.1) is 0 Å². The van der Waals surface area contributed by atoms with Gasteiger partial charge in [0.05, 0.1) is 15.5 Å². The number of hydrogen-bond acceptors (Lipinski definition) is 4. The van der Waals surface area contributed by atoms with Crippen molar-refractivity contribution in [3.63, 3.8) is 0 Å². The zero-order valence-electron chi connectivity index (χ0n) is 17.3. The van der Waals surface area contributed by atoms with E-state index in [4.69, 9.17) is 11.6 Å². The second kappa shape index (κ2) is 9.92. The maximum absolute atomic E-state index is 12.9. The average Bonchev–Trinajstić information content (AvgIpc) is 2.68. The van der Waals surface area contributed by atoms with Crippen molar-refractivity contribution in [1.82, 2.24) is 14.9 Å². The number of amides is 1. The van der Waals surface area contributed by atoms with Crippen LogP contribution in [0, 0.1) is 0 Å². The van der Waals surface area contributed by atoms with E-state index < -0.39 is 10.0 Å². The summed E-state index contributed by atoms with van der Waals surface area (Å²) in [5, 5.41) is 3.26. The molecule has 1 saturated heterocycles. The van der Waals surface area contributed by atoms with Crippen LogP contribution in [0.5, 0.6) is 0 Å². The highest BCUT2D eigenvalue weighted by Crippen LogP contribution is 2.22. The van der Waals surface area contributed by atoms with Crippen LogP contribution in [0.3, 0.4) is 0 Å². The van der Waals surface area contributed by atoms with Gasteiger partial charge < -0.3 is 5.32 Å². The van der Waals surface area contributed by atoms with Crippen molar-refractivity contribution in [1.29, 1.82) is 0 Å². The highest BCUT2D eigenvalue weighted by Gasteiger charge is 2.24. The van der Waals surface area contributed by atoms with Gasteiger partial charge in [-0.3, -0.25) is 9.69 Å². The molecule has 162 valence electrons. The van der Waals surface area contributed by atoms with Crippen molar-refractivity contribution in [3.8, 4) is 0 Å². The molecule has 0 saturated carbocycles. The molecule has 0 aliphatic carbocycles. The molecule has 6 nitrogen and oxygen atoms in total. The number of hydrogen-bond donors (Lipinski definition) is 2. The minimum Gasteiger partial charge on any atom is -0.348 e. The lowest BCUT2D eigenvalue weighted by molar-refractivity contribution is 0.0900. The van der Waals surface area contributed by atoms with E-state index in [1.165, 1.54) is 23.8 Å². The largest absolute Gasteiger partial charge is 0.348 e. The molecule has 1 aliphatic heterocycles. The fourth-order valence-electron chi connectivity index (χ4n) is 3.65. The number of benzene rings is 2. The van der Waals surface area contributed by atoms with Crippen LogP contribution >= 0.6 is 11.6 Å². The molecular formula is C22H28ClN3O3S. The normalized spacial score (nSPS) is 17.8. The first-order chi connectivity index (χ1) is 14.2. The predicted octanol–water partition coefficient (Wildman–Crippen LogP) is 3.42. The summed E-state index contributed by atoms with van der Waals surface area (Å²) >= 11 is 6.21. The van der Waals surface area contributed by atoms with Gasteiger partial charge >= 0.3 is 0 Å². The summed E-state index contributed by atoms with van der Waals surface area (Å²) in [6.07, 6.45) is 1.86. The van der Waals surface area contributed by atoms with Crippen LogP contribution in [0.1, 0.15) is 42.6 Å². The fourth-order valence-corrected chi connectivity index (χ4v) is 5.13. The van der Waals surface area contributed by atoms with Crippen molar-refractivity contribution < 1.29 is 13.2 Å². The molecule has 2 aromatic carbocycles. The third-order valence-corrected chi connectivity index (χ3v) is 6.96. The molecule has 2 N–H and O–H groups in total. The Hall–Kier alpha value is -1.93. The van der Waals surface area contributed by atoms with Gasteiger partial charge in [0.2, 0.25) is 10.0 Å². The van der Waals surface area contributed by atoms with Gasteiger partial charge in [0.15, 0.2) is 0 Å². The minimum absolute atomic E-state index is 0.0138. The Morgan fingerprint density at radius 3 is 2.63 bits per heavy atom. The van der Waals surface area contributed by atoms with E-state index in [-0.39, 0.29) is 33.5 Å². The van der Waals surface area contributed by atoms with Crippen LogP contribution in [-0.2, 0) is 16.6 Å². The lowest BCUT2D eigenvalue weighted by atomic mass is 10.0. The lowest BCUT2D eigenvalue weighted by Gasteiger charge is -2.33. The SMILES string of the molecule is CC(C)NS(=O)(=O)c1ccc(Cl)c(C(=O)NC2CCCN(Cc3ccccc3)C2)c1. The highest BCUT2D eigenvalue weighted by molar-refractivity contribution is 7.89. The molecule has 1 aliphatic rings. The molecule has 1 atom stereocenters. The molecule has 8 heteroatoms. The third kappa shape index (κ3) is 6.04. The second-order valence-corrected chi connectivity index (χ2v) is 10.1. The summed E-state index contributed by atoms with van der Waals surface area (Å²) in [4.78, 5) is 15.2. The fraction of sp³-hybridized carbons (Fsp3) is 0.409. The van der Waals surface area contributed by atoms with E-state index in [1.54, 1.807) is 13.8 Å². The average molecular weight is 450 g/mol. The van der Waals surface area contributed by atoms with Crippen LogP contribution in [0.4, 0.5) is 0 Å². The van der Waals surface area contributed by atoms with Crippen LogP contribution in [0.2, 0.25) is 5.02 Å². The molecule has 1 amide bonds. The number of nitrogens with one attached hydrogen (secondary N) is 2. The van der Waals surface area contributed by atoms with E-state index in [0.29, 0.717) is 0 Å². The predicted molar refractivity (Wildman–Crippen MR) is 119 cm³/mol. The summed E-state index contributed by atoms with van der Waals surface area (Å²) in [6, 6.07) is 14.2. The zero-order valence-corrected chi connectivity index (χ0v) is 18.8. The summed E-state index contributed by atoms with van der Waals surface area (Å²) < 4.78 is 27.4. The van der Waals surface area contributed by atoms with Crippen LogP contribution in [0.25, 0.3) is 0 Å². The summed E-state index contributed by atoms with van der Waals surface area (Å²) in [5.41, 5.74) is 1.41.